The van der Waals surface area contributed by atoms with Crippen LogP contribution in [0.2, 0.25) is 0 Å². The highest BCUT2D eigenvalue weighted by atomic mass is 32.2. The van der Waals surface area contributed by atoms with Gasteiger partial charge in [-0.25, -0.2) is 8.42 Å². The second-order valence-electron chi connectivity index (χ2n) is 3.23. The molecule has 0 radical (unpaired) electrons. The van der Waals surface area contributed by atoms with E-state index in [1.807, 2.05) is 18.2 Å². The molecule has 0 atom stereocenters. The predicted molar refractivity (Wildman–Crippen MR) is 57.1 cm³/mol. The summed E-state index contributed by atoms with van der Waals surface area (Å²) >= 11 is 0. The van der Waals surface area contributed by atoms with E-state index in [2.05, 4.69) is 5.32 Å². The van der Waals surface area contributed by atoms with Gasteiger partial charge in [0.05, 0.1) is 17.1 Å². The molecule has 14 heavy (non-hydrogen) atoms. The number of benzene rings is 1. The molecule has 1 aliphatic rings. The highest BCUT2D eigenvalue weighted by molar-refractivity contribution is 7.92. The van der Waals surface area contributed by atoms with Gasteiger partial charge >= 0.3 is 0 Å². The zero-order chi connectivity index (χ0) is 10.2. The first-order chi connectivity index (χ1) is 6.61. The van der Waals surface area contributed by atoms with Crippen molar-refractivity contribution in [1.82, 2.24) is 0 Å². The third-order valence-electron chi connectivity index (χ3n) is 2.34. The zero-order valence-electron chi connectivity index (χ0n) is 7.90. The second-order valence-corrected chi connectivity index (χ2v) is 5.35. The Balaban J connectivity index is 2.56. The molecule has 5 heteroatoms. The highest BCUT2D eigenvalue weighted by Crippen LogP contribution is 2.28. The van der Waals surface area contributed by atoms with Crippen LogP contribution in [0.4, 0.5) is 11.4 Å². The number of rotatable bonds is 0. The van der Waals surface area contributed by atoms with Gasteiger partial charge in [0, 0.05) is 13.6 Å². The number of anilines is 2. The van der Waals surface area contributed by atoms with Gasteiger partial charge < -0.3 is 5.32 Å². The lowest BCUT2D eigenvalue weighted by molar-refractivity contribution is 0.595. The van der Waals surface area contributed by atoms with E-state index in [4.69, 9.17) is 0 Å². The van der Waals surface area contributed by atoms with Crippen molar-refractivity contribution in [1.29, 1.82) is 0 Å². The summed E-state index contributed by atoms with van der Waals surface area (Å²) in [6, 6.07) is 7.40. The van der Waals surface area contributed by atoms with Crippen molar-refractivity contribution in [2.45, 2.75) is 0 Å². The minimum Gasteiger partial charge on any atom is -0.382 e. The van der Waals surface area contributed by atoms with Gasteiger partial charge in [0.25, 0.3) is 0 Å². The van der Waals surface area contributed by atoms with Crippen LogP contribution in [0.25, 0.3) is 0 Å². The van der Waals surface area contributed by atoms with E-state index >= 15 is 0 Å². The molecule has 0 fully saturated rings. The average Bonchev–Trinajstić information content (AvgIpc) is 2.27. The van der Waals surface area contributed by atoms with Gasteiger partial charge in [-0.2, -0.15) is 0 Å². The molecular formula is C9H12N2O2S. The van der Waals surface area contributed by atoms with Gasteiger partial charge in [0.1, 0.15) is 0 Å². The maximum absolute atomic E-state index is 11.7. The summed E-state index contributed by atoms with van der Waals surface area (Å²) in [4.78, 5) is 0. The van der Waals surface area contributed by atoms with Crippen LogP contribution in [0.3, 0.4) is 0 Å². The van der Waals surface area contributed by atoms with Gasteiger partial charge in [-0.05, 0) is 12.1 Å². The Bertz CT molecular complexity index is 442. The maximum atomic E-state index is 11.7. The fourth-order valence-electron chi connectivity index (χ4n) is 1.50. The number of para-hydroxylation sites is 2. The Labute approximate surface area is 83.6 Å². The van der Waals surface area contributed by atoms with E-state index in [1.165, 1.54) is 4.31 Å². The molecule has 0 aliphatic carbocycles. The summed E-state index contributed by atoms with van der Waals surface area (Å²) in [6.45, 7) is 0.462. The molecule has 4 nitrogen and oxygen atoms in total. The van der Waals surface area contributed by atoms with Crippen LogP contribution in [-0.4, -0.2) is 27.8 Å². The van der Waals surface area contributed by atoms with Crippen LogP contribution in [-0.2, 0) is 10.0 Å². The molecule has 1 aromatic carbocycles. The molecule has 0 unspecified atom stereocenters. The van der Waals surface area contributed by atoms with E-state index in [1.54, 1.807) is 13.1 Å². The summed E-state index contributed by atoms with van der Waals surface area (Å²) in [7, 11) is -1.56. The lowest BCUT2D eigenvalue weighted by Gasteiger charge is -2.17. The van der Waals surface area contributed by atoms with E-state index in [0.29, 0.717) is 12.2 Å². The second kappa shape index (κ2) is 3.16. The maximum Gasteiger partial charge on any atom is 0.236 e. The van der Waals surface area contributed by atoms with Crippen molar-refractivity contribution < 1.29 is 8.42 Å². The van der Waals surface area contributed by atoms with Crippen LogP contribution < -0.4 is 9.62 Å². The molecule has 76 valence electrons. The van der Waals surface area contributed by atoms with Gasteiger partial charge in [-0.3, -0.25) is 4.31 Å². The van der Waals surface area contributed by atoms with Crippen molar-refractivity contribution in [3.8, 4) is 0 Å². The van der Waals surface area contributed by atoms with E-state index in [-0.39, 0.29) is 5.75 Å². The van der Waals surface area contributed by atoms with Gasteiger partial charge in [0.15, 0.2) is 0 Å². The lowest BCUT2D eigenvalue weighted by atomic mass is 10.2. The number of fused-ring (bicyclic) bond motifs is 1. The Morgan fingerprint density at radius 3 is 2.86 bits per heavy atom. The summed E-state index contributed by atoms with van der Waals surface area (Å²) in [6.07, 6.45) is 0. The number of nitrogens with one attached hydrogen (secondary N) is 1. The number of hydrogen-bond acceptors (Lipinski definition) is 3. The fourth-order valence-corrected chi connectivity index (χ4v) is 2.59. The van der Waals surface area contributed by atoms with E-state index in [9.17, 15) is 8.42 Å². The average molecular weight is 212 g/mol. The molecule has 1 aromatic rings. The van der Waals surface area contributed by atoms with Gasteiger partial charge in [-0.1, -0.05) is 12.1 Å². The number of sulfonamides is 1. The summed E-state index contributed by atoms with van der Waals surface area (Å²) in [5.74, 6) is 0.137. The minimum atomic E-state index is -3.14. The summed E-state index contributed by atoms with van der Waals surface area (Å²) < 4.78 is 24.6. The van der Waals surface area contributed by atoms with Crippen molar-refractivity contribution in [3.05, 3.63) is 24.3 Å². The van der Waals surface area contributed by atoms with Crippen LogP contribution >= 0.6 is 0 Å². The lowest BCUT2D eigenvalue weighted by Crippen LogP contribution is -2.28. The molecule has 0 amide bonds. The Morgan fingerprint density at radius 1 is 1.36 bits per heavy atom. The number of hydrogen-bond donors (Lipinski definition) is 1. The minimum absolute atomic E-state index is 0.137. The van der Waals surface area contributed by atoms with Gasteiger partial charge in [0.2, 0.25) is 10.0 Å². The van der Waals surface area contributed by atoms with Gasteiger partial charge in [-0.15, -0.1) is 0 Å². The molecule has 0 saturated heterocycles. The van der Waals surface area contributed by atoms with Crippen LogP contribution in [0, 0.1) is 0 Å². The smallest absolute Gasteiger partial charge is 0.236 e. The molecule has 1 N–H and O–H groups in total. The zero-order valence-corrected chi connectivity index (χ0v) is 8.71. The first kappa shape index (κ1) is 9.33. The topological polar surface area (TPSA) is 49.4 Å². The Kier molecular flexibility index (Phi) is 2.11. The first-order valence-corrected chi connectivity index (χ1v) is 6.02. The molecule has 2 rings (SSSR count). The van der Waals surface area contributed by atoms with Crippen molar-refractivity contribution in [3.63, 3.8) is 0 Å². The van der Waals surface area contributed by atoms with Crippen LogP contribution in [0.1, 0.15) is 0 Å². The third-order valence-corrected chi connectivity index (χ3v) is 4.09. The number of nitrogens with zero attached hydrogens (tertiary/aromatic N) is 1. The molecule has 0 spiro atoms. The molecule has 0 saturated carbocycles. The fraction of sp³-hybridized carbons (Fsp3) is 0.333. The monoisotopic (exact) mass is 212 g/mol. The van der Waals surface area contributed by atoms with Crippen LogP contribution in [0.5, 0.6) is 0 Å². The largest absolute Gasteiger partial charge is 0.382 e. The van der Waals surface area contributed by atoms with Crippen LogP contribution in [0.15, 0.2) is 24.3 Å². The normalized spacial score (nSPS) is 19.4. The van der Waals surface area contributed by atoms with Crippen molar-refractivity contribution in [2.24, 2.45) is 0 Å². The van der Waals surface area contributed by atoms with Crippen molar-refractivity contribution in [2.75, 3.05) is 29.0 Å². The molecule has 0 aromatic heterocycles. The van der Waals surface area contributed by atoms with Crippen molar-refractivity contribution >= 4 is 21.4 Å². The summed E-state index contributed by atoms with van der Waals surface area (Å²) in [5, 5.41) is 3.09. The summed E-state index contributed by atoms with van der Waals surface area (Å²) in [5.41, 5.74) is 1.58. The molecule has 1 aliphatic heterocycles. The Hall–Kier alpha value is -1.23. The predicted octanol–water partition coefficient (Wildman–Crippen LogP) is 0.878. The first-order valence-electron chi connectivity index (χ1n) is 4.41. The molecular weight excluding hydrogens is 200 g/mol. The molecule has 0 bridgehead atoms. The SMILES string of the molecule is CN1c2ccccc2NCCS1(=O)=O. The highest BCUT2D eigenvalue weighted by Gasteiger charge is 2.23. The quantitative estimate of drug-likeness (QED) is 0.694. The Morgan fingerprint density at radius 2 is 2.07 bits per heavy atom. The standard InChI is InChI=1S/C9H12N2O2S/c1-11-9-5-3-2-4-8(9)10-6-7-14(11,12)13/h2-5,10H,6-7H2,1H3. The van der Waals surface area contributed by atoms with E-state index in [0.717, 1.165) is 5.69 Å². The third kappa shape index (κ3) is 1.43. The molecule has 1 heterocycles. The van der Waals surface area contributed by atoms with E-state index < -0.39 is 10.0 Å².